The normalized spacial score (nSPS) is 11.0. The second-order valence-electron chi connectivity index (χ2n) is 6.33. The van der Waals surface area contributed by atoms with E-state index in [0.717, 1.165) is 35.5 Å². The SMILES string of the molecule is CCC(CC)C(=O)Nc1cc(C)nn1-c1nc(-c2ccc(OC)cc2)cs1. The topological polar surface area (TPSA) is 69.0 Å². The minimum Gasteiger partial charge on any atom is -0.497 e. The van der Waals surface area contributed by atoms with E-state index in [9.17, 15) is 4.79 Å². The monoisotopic (exact) mass is 384 g/mol. The quantitative estimate of drug-likeness (QED) is 0.642. The van der Waals surface area contributed by atoms with Crippen LogP contribution >= 0.6 is 11.3 Å². The first-order valence-corrected chi connectivity index (χ1v) is 9.91. The number of rotatable bonds is 7. The standard InChI is InChI=1S/C20H24N4O2S/c1-5-14(6-2)19(25)22-18-11-13(3)23-24(18)20-21-17(12-27-20)15-7-9-16(26-4)10-8-15/h7-12,14H,5-6H2,1-4H3,(H,22,25). The van der Waals surface area contributed by atoms with Gasteiger partial charge < -0.3 is 10.1 Å². The molecular weight excluding hydrogens is 360 g/mol. The Balaban J connectivity index is 1.87. The fraction of sp³-hybridized carbons (Fsp3) is 0.350. The smallest absolute Gasteiger partial charge is 0.228 e. The maximum Gasteiger partial charge on any atom is 0.228 e. The van der Waals surface area contributed by atoms with Crippen LogP contribution in [0.3, 0.4) is 0 Å². The van der Waals surface area contributed by atoms with Crippen molar-refractivity contribution >= 4 is 23.1 Å². The summed E-state index contributed by atoms with van der Waals surface area (Å²) in [6.07, 6.45) is 1.63. The van der Waals surface area contributed by atoms with E-state index in [-0.39, 0.29) is 11.8 Å². The van der Waals surface area contributed by atoms with Crippen molar-refractivity contribution in [2.45, 2.75) is 33.6 Å². The fourth-order valence-electron chi connectivity index (χ4n) is 2.88. The summed E-state index contributed by atoms with van der Waals surface area (Å²) in [6, 6.07) is 9.64. The highest BCUT2D eigenvalue weighted by molar-refractivity contribution is 7.12. The van der Waals surface area contributed by atoms with Crippen LogP contribution in [0.4, 0.5) is 5.82 Å². The van der Waals surface area contributed by atoms with Crippen molar-refractivity contribution in [1.29, 1.82) is 0 Å². The van der Waals surface area contributed by atoms with Crippen LogP contribution in [0, 0.1) is 12.8 Å². The maximum atomic E-state index is 12.5. The third kappa shape index (κ3) is 4.19. The molecule has 3 rings (SSSR count). The number of hydrogen-bond donors (Lipinski definition) is 1. The van der Waals surface area contributed by atoms with Crippen molar-refractivity contribution < 1.29 is 9.53 Å². The lowest BCUT2D eigenvalue weighted by atomic mass is 10.0. The predicted octanol–water partition coefficient (Wildman–Crippen LogP) is 4.69. The molecule has 1 amide bonds. The highest BCUT2D eigenvalue weighted by Gasteiger charge is 2.18. The summed E-state index contributed by atoms with van der Waals surface area (Å²) < 4.78 is 6.90. The molecule has 0 aliphatic carbocycles. The van der Waals surface area contributed by atoms with Gasteiger partial charge in [-0.3, -0.25) is 4.79 Å². The first-order chi connectivity index (χ1) is 13.0. The molecule has 0 atom stereocenters. The van der Waals surface area contributed by atoms with Gasteiger partial charge in [-0.1, -0.05) is 13.8 Å². The largest absolute Gasteiger partial charge is 0.497 e. The summed E-state index contributed by atoms with van der Waals surface area (Å²) in [4.78, 5) is 17.2. The van der Waals surface area contributed by atoms with Crippen LogP contribution in [-0.2, 0) is 4.79 Å². The highest BCUT2D eigenvalue weighted by Crippen LogP contribution is 2.28. The average Bonchev–Trinajstić information content (AvgIpc) is 3.29. The number of nitrogens with one attached hydrogen (secondary N) is 1. The molecule has 2 aromatic heterocycles. The van der Waals surface area contributed by atoms with E-state index in [2.05, 4.69) is 10.4 Å². The predicted molar refractivity (Wildman–Crippen MR) is 109 cm³/mol. The van der Waals surface area contributed by atoms with Crippen LogP contribution in [0.1, 0.15) is 32.4 Å². The van der Waals surface area contributed by atoms with Gasteiger partial charge >= 0.3 is 0 Å². The average molecular weight is 385 g/mol. The summed E-state index contributed by atoms with van der Waals surface area (Å²) in [5.41, 5.74) is 2.70. The minimum absolute atomic E-state index is 0.000175. The fourth-order valence-corrected chi connectivity index (χ4v) is 3.67. The second-order valence-corrected chi connectivity index (χ2v) is 7.17. The van der Waals surface area contributed by atoms with Gasteiger partial charge in [0.05, 0.1) is 18.5 Å². The Labute approximate surface area is 163 Å². The third-order valence-corrected chi connectivity index (χ3v) is 5.31. The molecule has 0 fully saturated rings. The molecule has 0 saturated carbocycles. The van der Waals surface area contributed by atoms with Crippen molar-refractivity contribution in [3.8, 4) is 22.1 Å². The number of benzene rings is 1. The van der Waals surface area contributed by atoms with Crippen LogP contribution in [-0.4, -0.2) is 27.8 Å². The molecule has 1 N–H and O–H groups in total. The lowest BCUT2D eigenvalue weighted by molar-refractivity contribution is -0.120. The zero-order valence-electron chi connectivity index (χ0n) is 16.0. The Hall–Kier alpha value is -2.67. The molecule has 3 aromatic rings. The van der Waals surface area contributed by atoms with E-state index in [1.54, 1.807) is 11.8 Å². The van der Waals surface area contributed by atoms with Crippen molar-refractivity contribution in [3.05, 3.63) is 41.4 Å². The highest BCUT2D eigenvalue weighted by atomic mass is 32.1. The summed E-state index contributed by atoms with van der Waals surface area (Å²) in [5, 5.41) is 10.2. The molecule has 0 unspecified atom stereocenters. The van der Waals surface area contributed by atoms with Crippen LogP contribution in [0.25, 0.3) is 16.4 Å². The number of carbonyl (C=O) groups excluding carboxylic acids is 1. The summed E-state index contributed by atoms with van der Waals surface area (Å²) in [6.45, 7) is 5.96. The number of amides is 1. The van der Waals surface area contributed by atoms with Gasteiger partial charge in [-0.15, -0.1) is 11.3 Å². The van der Waals surface area contributed by atoms with Crippen LogP contribution in [0.15, 0.2) is 35.7 Å². The van der Waals surface area contributed by atoms with Crippen molar-refractivity contribution in [3.63, 3.8) is 0 Å². The van der Waals surface area contributed by atoms with Crippen LogP contribution < -0.4 is 10.1 Å². The van der Waals surface area contributed by atoms with Gasteiger partial charge in [0.1, 0.15) is 11.6 Å². The third-order valence-electron chi connectivity index (χ3n) is 4.50. The number of thiazole rings is 1. The van der Waals surface area contributed by atoms with Gasteiger partial charge in [-0.2, -0.15) is 9.78 Å². The molecule has 1 aromatic carbocycles. The Bertz CT molecular complexity index is 910. The molecule has 6 nitrogen and oxygen atoms in total. The molecule has 0 saturated heterocycles. The lowest BCUT2D eigenvalue weighted by Crippen LogP contribution is -2.23. The van der Waals surface area contributed by atoms with Crippen molar-refractivity contribution in [1.82, 2.24) is 14.8 Å². The number of aryl methyl sites for hydroxylation is 1. The molecular formula is C20H24N4O2S. The molecule has 142 valence electrons. The second kappa shape index (κ2) is 8.35. The Morgan fingerprint density at radius 1 is 1.26 bits per heavy atom. The molecule has 0 radical (unpaired) electrons. The summed E-state index contributed by atoms with van der Waals surface area (Å²) >= 11 is 1.49. The van der Waals surface area contributed by atoms with Gasteiger partial charge in [-0.25, -0.2) is 4.98 Å². The van der Waals surface area contributed by atoms with Gasteiger partial charge in [-0.05, 0) is 44.0 Å². The van der Waals surface area contributed by atoms with Gasteiger partial charge in [0.25, 0.3) is 0 Å². The molecule has 0 aliphatic heterocycles. The van der Waals surface area contributed by atoms with Gasteiger partial charge in [0.2, 0.25) is 11.0 Å². The van der Waals surface area contributed by atoms with Gasteiger partial charge in [0.15, 0.2) is 0 Å². The number of hydrogen-bond acceptors (Lipinski definition) is 5. The number of methoxy groups -OCH3 is 1. The Kier molecular flexibility index (Phi) is 5.91. The first-order valence-electron chi connectivity index (χ1n) is 9.03. The van der Waals surface area contributed by atoms with Crippen molar-refractivity contribution in [2.75, 3.05) is 12.4 Å². The van der Waals surface area contributed by atoms with E-state index in [4.69, 9.17) is 9.72 Å². The van der Waals surface area contributed by atoms with E-state index < -0.39 is 0 Å². The summed E-state index contributed by atoms with van der Waals surface area (Å²) in [7, 11) is 1.65. The van der Waals surface area contributed by atoms with E-state index in [1.807, 2.05) is 56.5 Å². The first kappa shape index (κ1) is 19.1. The molecule has 7 heteroatoms. The zero-order chi connectivity index (χ0) is 19.4. The lowest BCUT2D eigenvalue weighted by Gasteiger charge is -2.12. The van der Waals surface area contributed by atoms with E-state index >= 15 is 0 Å². The molecule has 0 aliphatic rings. The number of nitrogens with zero attached hydrogens (tertiary/aromatic N) is 3. The van der Waals surface area contributed by atoms with Crippen LogP contribution in [0.5, 0.6) is 5.75 Å². The molecule has 0 bridgehead atoms. The number of anilines is 1. The maximum absolute atomic E-state index is 12.5. The molecule has 0 spiro atoms. The van der Waals surface area contributed by atoms with Crippen LogP contribution in [0.2, 0.25) is 0 Å². The zero-order valence-corrected chi connectivity index (χ0v) is 16.8. The van der Waals surface area contributed by atoms with Gasteiger partial charge in [0, 0.05) is 22.9 Å². The summed E-state index contributed by atoms with van der Waals surface area (Å²) in [5.74, 6) is 1.48. The number of aromatic nitrogens is 3. The Morgan fingerprint density at radius 2 is 1.96 bits per heavy atom. The Morgan fingerprint density at radius 3 is 2.59 bits per heavy atom. The number of ether oxygens (including phenoxy) is 1. The minimum atomic E-state index is -0.000175. The molecule has 27 heavy (non-hydrogen) atoms. The number of carbonyl (C=O) groups is 1. The van der Waals surface area contributed by atoms with Crippen molar-refractivity contribution in [2.24, 2.45) is 5.92 Å². The van der Waals surface area contributed by atoms with E-state index in [0.29, 0.717) is 10.9 Å². The molecule has 2 heterocycles. The van der Waals surface area contributed by atoms with E-state index in [1.165, 1.54) is 11.3 Å².